The van der Waals surface area contributed by atoms with Crippen LogP contribution in [0.4, 0.5) is 0 Å². The van der Waals surface area contributed by atoms with Gasteiger partial charge in [-0.15, -0.1) is 11.3 Å². The average molecular weight is 284 g/mol. The molecule has 0 radical (unpaired) electrons. The largest absolute Gasteiger partial charge is 0.320 e. The van der Waals surface area contributed by atoms with Crippen LogP contribution in [0.15, 0.2) is 47.9 Å². The summed E-state index contributed by atoms with van der Waals surface area (Å²) in [6, 6.07) is 13.3. The molecule has 2 N–H and O–H groups in total. The highest BCUT2D eigenvalue weighted by Gasteiger charge is 2.19. The van der Waals surface area contributed by atoms with Gasteiger partial charge in [-0.3, -0.25) is 0 Å². The second-order valence-corrected chi connectivity index (χ2v) is 7.15. The Balaban J connectivity index is 1.82. The predicted octanol–water partition coefficient (Wildman–Crippen LogP) is 4.24. The minimum atomic E-state index is 0.202. The standard InChI is InChI=1S/C17H20N2S/c1-17(2,3)13-8-6-12(7-9-13)14-11-15(19-18-14)16-5-4-10-20-16/h4-11,15,18-19H,1-3H3. The molecule has 3 heteroatoms. The van der Waals surface area contributed by atoms with Crippen LogP contribution in [-0.4, -0.2) is 0 Å². The Bertz CT molecular complexity index is 603. The van der Waals surface area contributed by atoms with E-state index in [1.165, 1.54) is 16.0 Å². The highest BCUT2D eigenvalue weighted by Crippen LogP contribution is 2.28. The molecular weight excluding hydrogens is 264 g/mol. The van der Waals surface area contributed by atoms with Crippen LogP contribution in [0.25, 0.3) is 5.70 Å². The van der Waals surface area contributed by atoms with Gasteiger partial charge in [-0.25, -0.2) is 5.43 Å². The number of hydrazine groups is 1. The molecule has 2 nitrogen and oxygen atoms in total. The zero-order valence-corrected chi connectivity index (χ0v) is 12.9. The predicted molar refractivity (Wildman–Crippen MR) is 86.5 cm³/mol. The maximum absolute atomic E-state index is 3.32. The van der Waals surface area contributed by atoms with Gasteiger partial charge in [0.15, 0.2) is 0 Å². The Morgan fingerprint density at radius 1 is 1.05 bits per heavy atom. The van der Waals surface area contributed by atoms with E-state index in [0.29, 0.717) is 0 Å². The van der Waals surface area contributed by atoms with Crippen LogP contribution in [0, 0.1) is 0 Å². The fraction of sp³-hybridized carbons (Fsp3) is 0.294. The lowest BCUT2D eigenvalue weighted by molar-refractivity contribution is 0.590. The third-order valence-electron chi connectivity index (χ3n) is 3.61. The first-order chi connectivity index (χ1) is 9.54. The van der Waals surface area contributed by atoms with Crippen molar-refractivity contribution in [3.8, 4) is 0 Å². The Morgan fingerprint density at radius 2 is 1.80 bits per heavy atom. The quantitative estimate of drug-likeness (QED) is 0.862. The highest BCUT2D eigenvalue weighted by atomic mass is 32.1. The summed E-state index contributed by atoms with van der Waals surface area (Å²) in [5, 5.41) is 2.11. The Hall–Kier alpha value is -1.58. The van der Waals surface area contributed by atoms with Crippen molar-refractivity contribution in [2.24, 2.45) is 0 Å². The first-order valence-corrected chi connectivity index (χ1v) is 7.80. The fourth-order valence-corrected chi connectivity index (χ4v) is 3.09. The first-order valence-electron chi connectivity index (χ1n) is 6.92. The zero-order chi connectivity index (χ0) is 14.2. The second-order valence-electron chi connectivity index (χ2n) is 6.17. The molecule has 3 rings (SSSR count). The van der Waals surface area contributed by atoms with Gasteiger partial charge in [0.1, 0.15) is 0 Å². The molecule has 1 atom stereocenters. The molecule has 20 heavy (non-hydrogen) atoms. The molecule has 2 heterocycles. The molecule has 1 aromatic carbocycles. The lowest BCUT2D eigenvalue weighted by Gasteiger charge is -2.19. The molecule has 104 valence electrons. The van der Waals surface area contributed by atoms with Gasteiger partial charge in [-0.05, 0) is 34.1 Å². The van der Waals surface area contributed by atoms with E-state index in [1.807, 2.05) is 0 Å². The van der Waals surface area contributed by atoms with Gasteiger partial charge in [0.25, 0.3) is 0 Å². The molecule has 1 aromatic heterocycles. The molecule has 0 saturated heterocycles. The Morgan fingerprint density at radius 3 is 2.40 bits per heavy atom. The van der Waals surface area contributed by atoms with Gasteiger partial charge in [-0.2, -0.15) is 0 Å². The topological polar surface area (TPSA) is 24.1 Å². The number of hydrogen-bond donors (Lipinski definition) is 2. The van der Waals surface area contributed by atoms with Crippen molar-refractivity contribution in [3.05, 3.63) is 63.9 Å². The second kappa shape index (κ2) is 5.08. The van der Waals surface area contributed by atoms with E-state index >= 15 is 0 Å². The van der Waals surface area contributed by atoms with Gasteiger partial charge in [0, 0.05) is 4.88 Å². The smallest absolute Gasteiger partial charge is 0.0806 e. The number of hydrogen-bond acceptors (Lipinski definition) is 3. The van der Waals surface area contributed by atoms with Crippen LogP contribution in [0.1, 0.15) is 42.8 Å². The van der Waals surface area contributed by atoms with Crippen molar-refractivity contribution in [2.45, 2.75) is 32.2 Å². The van der Waals surface area contributed by atoms with Crippen molar-refractivity contribution < 1.29 is 0 Å². The molecule has 0 fully saturated rings. The third-order valence-corrected chi connectivity index (χ3v) is 4.56. The van der Waals surface area contributed by atoms with E-state index in [9.17, 15) is 0 Å². The molecule has 0 bridgehead atoms. The monoisotopic (exact) mass is 284 g/mol. The van der Waals surface area contributed by atoms with E-state index in [2.05, 4.69) is 79.5 Å². The molecule has 1 aliphatic rings. The van der Waals surface area contributed by atoms with E-state index in [-0.39, 0.29) is 11.5 Å². The van der Waals surface area contributed by atoms with Crippen molar-refractivity contribution in [1.29, 1.82) is 0 Å². The summed E-state index contributed by atoms with van der Waals surface area (Å²) < 4.78 is 0. The van der Waals surface area contributed by atoms with Crippen molar-refractivity contribution in [2.75, 3.05) is 0 Å². The Kier molecular flexibility index (Phi) is 3.40. The Labute approximate surface area is 124 Å². The summed E-state index contributed by atoms with van der Waals surface area (Å²) in [4.78, 5) is 1.33. The van der Waals surface area contributed by atoms with Crippen LogP contribution in [0.3, 0.4) is 0 Å². The summed E-state index contributed by atoms with van der Waals surface area (Å²) in [7, 11) is 0. The number of rotatable bonds is 2. The average Bonchev–Trinajstić information content (AvgIpc) is 3.09. The van der Waals surface area contributed by atoms with Gasteiger partial charge in [-0.1, -0.05) is 51.1 Å². The molecule has 0 aliphatic carbocycles. The van der Waals surface area contributed by atoms with E-state index < -0.39 is 0 Å². The summed E-state index contributed by atoms with van der Waals surface area (Å²) in [6.07, 6.45) is 2.25. The van der Waals surface area contributed by atoms with Gasteiger partial charge < -0.3 is 5.43 Å². The summed E-state index contributed by atoms with van der Waals surface area (Å²) >= 11 is 1.78. The minimum absolute atomic E-state index is 0.202. The third kappa shape index (κ3) is 2.65. The first kappa shape index (κ1) is 13.4. The van der Waals surface area contributed by atoms with Crippen LogP contribution >= 0.6 is 11.3 Å². The number of nitrogens with one attached hydrogen (secondary N) is 2. The van der Waals surface area contributed by atoms with Crippen LogP contribution in [-0.2, 0) is 5.41 Å². The maximum atomic E-state index is 3.32. The minimum Gasteiger partial charge on any atom is -0.320 e. The summed E-state index contributed by atoms with van der Waals surface area (Å²) in [6.45, 7) is 6.72. The summed E-state index contributed by atoms with van der Waals surface area (Å²) in [5.74, 6) is 0. The van der Waals surface area contributed by atoms with Crippen LogP contribution < -0.4 is 10.9 Å². The van der Waals surface area contributed by atoms with Gasteiger partial charge >= 0.3 is 0 Å². The van der Waals surface area contributed by atoms with Gasteiger partial charge in [0.05, 0.1) is 11.7 Å². The number of benzene rings is 1. The van der Waals surface area contributed by atoms with Crippen molar-refractivity contribution in [3.63, 3.8) is 0 Å². The lowest BCUT2D eigenvalue weighted by atomic mass is 9.86. The maximum Gasteiger partial charge on any atom is 0.0806 e. The molecule has 2 aromatic rings. The zero-order valence-electron chi connectivity index (χ0n) is 12.1. The van der Waals surface area contributed by atoms with Crippen molar-refractivity contribution >= 4 is 17.0 Å². The normalized spacial score (nSPS) is 18.8. The highest BCUT2D eigenvalue weighted by molar-refractivity contribution is 7.10. The number of thiophene rings is 1. The van der Waals surface area contributed by atoms with Crippen molar-refractivity contribution in [1.82, 2.24) is 10.9 Å². The van der Waals surface area contributed by atoms with E-state index in [1.54, 1.807) is 11.3 Å². The summed E-state index contributed by atoms with van der Waals surface area (Å²) in [5.41, 5.74) is 10.6. The van der Waals surface area contributed by atoms with E-state index in [0.717, 1.165) is 5.70 Å². The molecule has 1 aliphatic heterocycles. The lowest BCUT2D eigenvalue weighted by Crippen LogP contribution is -2.25. The molecule has 0 amide bonds. The SMILES string of the molecule is CC(C)(C)c1ccc(C2=CC(c3cccs3)NN2)cc1. The van der Waals surface area contributed by atoms with Crippen LogP contribution in [0.2, 0.25) is 0 Å². The molecule has 1 unspecified atom stereocenters. The van der Waals surface area contributed by atoms with Crippen LogP contribution in [0.5, 0.6) is 0 Å². The van der Waals surface area contributed by atoms with E-state index in [4.69, 9.17) is 0 Å². The fourth-order valence-electron chi connectivity index (χ4n) is 2.35. The molecule has 0 saturated carbocycles. The molecule has 0 spiro atoms. The van der Waals surface area contributed by atoms with Gasteiger partial charge in [0.2, 0.25) is 0 Å². The molecular formula is C17H20N2S.